The molecule has 2 heterocycles. The molecule has 0 bridgehead atoms. The number of nitrogens with zero attached hydrogens (tertiary/aromatic N) is 6. The van der Waals surface area contributed by atoms with Crippen LogP contribution in [0.5, 0.6) is 0 Å². The summed E-state index contributed by atoms with van der Waals surface area (Å²) in [5.74, 6) is 0.459. The molecule has 0 fully saturated rings. The van der Waals surface area contributed by atoms with Crippen molar-refractivity contribution in [2.24, 2.45) is 0 Å². The normalized spacial score (nSPS) is 11.9. The Kier molecular flexibility index (Phi) is 2.85. The van der Waals surface area contributed by atoms with Crippen molar-refractivity contribution in [3.63, 3.8) is 0 Å². The molecule has 20 heavy (non-hydrogen) atoms. The van der Waals surface area contributed by atoms with Gasteiger partial charge in [0, 0.05) is 0 Å². The van der Waals surface area contributed by atoms with Crippen molar-refractivity contribution in [1.29, 1.82) is 0 Å². The van der Waals surface area contributed by atoms with Gasteiger partial charge in [-0.2, -0.15) is 5.21 Å². The average molecular weight is 273 g/mol. The number of hydrogen-bond acceptors (Lipinski definition) is 6. The van der Waals surface area contributed by atoms with Crippen molar-refractivity contribution in [1.82, 2.24) is 35.8 Å². The molecule has 8 heteroatoms. The highest BCUT2D eigenvalue weighted by Gasteiger charge is 2.16. The molecule has 0 amide bonds. The molecule has 0 spiro atoms. The fraction of sp³-hybridized carbons (Fsp3) is 0.417. The van der Waals surface area contributed by atoms with E-state index < -0.39 is 0 Å². The molecule has 0 aliphatic rings. The van der Waals surface area contributed by atoms with Crippen LogP contribution in [0.4, 0.5) is 0 Å². The number of H-pyrrole nitrogens is 1. The Labute approximate surface area is 115 Å². The molecule has 1 N–H and O–H groups in total. The monoisotopic (exact) mass is 273 g/mol. The average Bonchev–Trinajstić information content (AvgIpc) is 3.04. The van der Waals surface area contributed by atoms with Crippen LogP contribution in [-0.2, 0) is 12.0 Å². The van der Waals surface area contributed by atoms with Gasteiger partial charge in [-0.1, -0.05) is 36.9 Å². The lowest BCUT2D eigenvalue weighted by Crippen LogP contribution is -2.15. The van der Waals surface area contributed by atoms with Gasteiger partial charge in [-0.15, -0.1) is 15.3 Å². The predicted octanol–water partition coefficient (Wildman–Crippen LogP) is 0.871. The van der Waals surface area contributed by atoms with Crippen LogP contribution in [0.15, 0.2) is 18.2 Å². The van der Waals surface area contributed by atoms with Crippen LogP contribution in [0.2, 0.25) is 0 Å². The van der Waals surface area contributed by atoms with Gasteiger partial charge in [0.2, 0.25) is 5.82 Å². The zero-order valence-corrected chi connectivity index (χ0v) is 11.5. The number of nitrogens with one attached hydrogen (secondary N) is 1. The molecule has 0 saturated carbocycles. The highest BCUT2D eigenvalue weighted by Crippen LogP contribution is 2.24. The molecule has 3 rings (SSSR count). The van der Waals surface area contributed by atoms with Crippen molar-refractivity contribution in [2.45, 2.75) is 32.8 Å². The van der Waals surface area contributed by atoms with E-state index in [4.69, 9.17) is 4.84 Å². The van der Waals surface area contributed by atoms with Gasteiger partial charge in [0.15, 0.2) is 6.61 Å². The molecule has 1 aromatic carbocycles. The first kappa shape index (κ1) is 12.5. The van der Waals surface area contributed by atoms with E-state index in [-0.39, 0.29) is 12.0 Å². The zero-order valence-electron chi connectivity index (χ0n) is 11.5. The quantitative estimate of drug-likeness (QED) is 0.761. The second kappa shape index (κ2) is 4.55. The van der Waals surface area contributed by atoms with E-state index in [2.05, 4.69) is 57.8 Å². The van der Waals surface area contributed by atoms with E-state index >= 15 is 0 Å². The van der Waals surface area contributed by atoms with Crippen LogP contribution in [0.1, 0.15) is 32.2 Å². The number of aromatic amines is 1. The molecule has 0 saturated heterocycles. The van der Waals surface area contributed by atoms with E-state index in [9.17, 15) is 0 Å². The number of hydrogen-bond donors (Lipinski definition) is 1. The van der Waals surface area contributed by atoms with E-state index in [1.807, 2.05) is 12.1 Å². The van der Waals surface area contributed by atoms with Gasteiger partial charge in [0.05, 0.1) is 0 Å². The summed E-state index contributed by atoms with van der Waals surface area (Å²) in [6.07, 6.45) is 0. The SMILES string of the molecule is CC(C)(C)c1ccc2nnn(OCc3nn[nH]n3)c2c1. The van der Waals surface area contributed by atoms with Crippen LogP contribution in [0.3, 0.4) is 0 Å². The van der Waals surface area contributed by atoms with Crippen LogP contribution >= 0.6 is 0 Å². The highest BCUT2D eigenvalue weighted by molar-refractivity contribution is 5.75. The molecule has 3 aromatic rings. The predicted molar refractivity (Wildman–Crippen MR) is 70.7 cm³/mol. The molecular formula is C12H15N7O. The molecule has 0 aliphatic heterocycles. The maximum atomic E-state index is 5.53. The molecular weight excluding hydrogens is 258 g/mol. The van der Waals surface area contributed by atoms with Crippen molar-refractivity contribution in [2.75, 3.05) is 0 Å². The minimum absolute atomic E-state index is 0.0525. The van der Waals surface area contributed by atoms with Crippen LogP contribution in [0, 0.1) is 0 Å². The molecule has 0 radical (unpaired) electrons. The largest absolute Gasteiger partial charge is 0.387 e. The minimum Gasteiger partial charge on any atom is -0.387 e. The Morgan fingerprint density at radius 1 is 1.25 bits per heavy atom. The van der Waals surface area contributed by atoms with Gasteiger partial charge < -0.3 is 4.84 Å². The maximum Gasteiger partial charge on any atom is 0.214 e. The lowest BCUT2D eigenvalue weighted by atomic mass is 9.87. The third kappa shape index (κ3) is 2.31. The Hall–Kier alpha value is -2.51. The topological polar surface area (TPSA) is 94.4 Å². The summed E-state index contributed by atoms with van der Waals surface area (Å²) >= 11 is 0. The lowest BCUT2D eigenvalue weighted by molar-refractivity contribution is 0.0709. The second-order valence-corrected chi connectivity index (χ2v) is 5.52. The molecule has 0 aliphatic carbocycles. The summed E-state index contributed by atoms with van der Waals surface area (Å²) in [4.78, 5) is 6.92. The van der Waals surface area contributed by atoms with Crippen molar-refractivity contribution in [3.05, 3.63) is 29.6 Å². The first-order valence-electron chi connectivity index (χ1n) is 6.25. The van der Waals surface area contributed by atoms with Crippen LogP contribution in [0.25, 0.3) is 11.0 Å². The lowest BCUT2D eigenvalue weighted by Gasteiger charge is -2.18. The molecule has 0 unspecified atom stereocenters. The van der Waals surface area contributed by atoms with Gasteiger partial charge in [0.25, 0.3) is 0 Å². The first-order chi connectivity index (χ1) is 9.54. The third-order valence-corrected chi connectivity index (χ3v) is 2.99. The maximum absolute atomic E-state index is 5.53. The Bertz CT molecular complexity index is 711. The van der Waals surface area contributed by atoms with E-state index in [1.165, 1.54) is 10.4 Å². The number of benzene rings is 1. The zero-order chi connectivity index (χ0) is 14.2. The summed E-state index contributed by atoms with van der Waals surface area (Å²) in [6, 6.07) is 6.03. The number of aromatic nitrogens is 7. The van der Waals surface area contributed by atoms with Crippen molar-refractivity contribution < 1.29 is 4.84 Å². The fourth-order valence-corrected chi connectivity index (χ4v) is 1.82. The van der Waals surface area contributed by atoms with Gasteiger partial charge in [-0.05, 0) is 28.3 Å². The highest BCUT2D eigenvalue weighted by atomic mass is 16.7. The van der Waals surface area contributed by atoms with Gasteiger partial charge in [0.1, 0.15) is 11.0 Å². The van der Waals surface area contributed by atoms with E-state index in [0.29, 0.717) is 5.82 Å². The summed E-state index contributed by atoms with van der Waals surface area (Å²) in [5, 5.41) is 21.5. The van der Waals surface area contributed by atoms with E-state index in [1.54, 1.807) is 0 Å². The van der Waals surface area contributed by atoms with Gasteiger partial charge in [-0.25, -0.2) is 0 Å². The molecule has 0 atom stereocenters. The Morgan fingerprint density at radius 2 is 2.10 bits per heavy atom. The fourth-order valence-electron chi connectivity index (χ4n) is 1.82. The molecule has 2 aromatic heterocycles. The first-order valence-corrected chi connectivity index (χ1v) is 6.25. The van der Waals surface area contributed by atoms with Crippen LogP contribution < -0.4 is 4.84 Å². The number of tetrazole rings is 1. The Morgan fingerprint density at radius 3 is 2.80 bits per heavy atom. The van der Waals surface area contributed by atoms with Gasteiger partial charge in [-0.3, -0.25) is 0 Å². The number of fused-ring (bicyclic) bond motifs is 1. The smallest absolute Gasteiger partial charge is 0.214 e. The summed E-state index contributed by atoms with van der Waals surface area (Å²) in [5.41, 5.74) is 2.85. The molecule has 8 nitrogen and oxygen atoms in total. The number of rotatable bonds is 3. The van der Waals surface area contributed by atoms with E-state index in [0.717, 1.165) is 11.0 Å². The van der Waals surface area contributed by atoms with Crippen molar-refractivity contribution >= 4 is 11.0 Å². The Balaban J connectivity index is 1.91. The second-order valence-electron chi connectivity index (χ2n) is 5.52. The van der Waals surface area contributed by atoms with Crippen LogP contribution in [-0.4, -0.2) is 35.8 Å². The summed E-state index contributed by atoms with van der Waals surface area (Å²) in [6.45, 7) is 6.64. The minimum atomic E-state index is 0.0525. The van der Waals surface area contributed by atoms with Gasteiger partial charge >= 0.3 is 0 Å². The standard InChI is InChI=1S/C12H15N7O/c1-12(2,3)8-4-5-9-10(6-8)19(18-13-9)20-7-11-14-16-17-15-11/h4-6H,7H2,1-3H3,(H,14,15,16,17). The summed E-state index contributed by atoms with van der Waals surface area (Å²) in [7, 11) is 0. The van der Waals surface area contributed by atoms with Crippen molar-refractivity contribution in [3.8, 4) is 0 Å². The molecule has 104 valence electrons. The third-order valence-electron chi connectivity index (χ3n) is 2.99. The summed E-state index contributed by atoms with van der Waals surface area (Å²) < 4.78 is 0.